The molecule has 4 aromatic rings. The monoisotopic (exact) mass is 919 g/mol. The predicted molar refractivity (Wildman–Crippen MR) is 213 cm³/mol. The van der Waals surface area contributed by atoms with Crippen LogP contribution in [-0.2, 0) is 28.5 Å². The molecule has 352 valence electrons. The molecule has 3 aromatic carbocycles. The van der Waals surface area contributed by atoms with Gasteiger partial charge in [-0.1, -0.05) is 12.1 Å². The van der Waals surface area contributed by atoms with Gasteiger partial charge in [-0.25, -0.2) is 9.21 Å². The number of fused-ring (bicyclic) bond motifs is 1. The molecule has 1 aromatic heterocycles. The Morgan fingerprint density at radius 2 is 1.20 bits per heavy atom. The van der Waals surface area contributed by atoms with Crippen molar-refractivity contribution in [2.45, 2.75) is 92.1 Å². The lowest BCUT2D eigenvalue weighted by Gasteiger charge is -2.45. The molecular weight excluding hydrogens is 872 g/mol. The van der Waals surface area contributed by atoms with Crippen LogP contribution in [0.15, 0.2) is 71.2 Å². The number of aromatic hydroxyl groups is 4. The first kappa shape index (κ1) is 47.5. The molecule has 0 spiro atoms. The van der Waals surface area contributed by atoms with Gasteiger partial charge in [0.05, 0.1) is 24.8 Å². The summed E-state index contributed by atoms with van der Waals surface area (Å²) in [5.74, 6) is -3.61. The molecule has 3 fully saturated rings. The summed E-state index contributed by atoms with van der Waals surface area (Å²) in [6.07, 6.45) is -25.0. The smallest absolute Gasteiger partial charge is 0.402 e. The normalized spacial score (nSPS) is 32.9. The zero-order chi connectivity index (χ0) is 46.9. The number of benzene rings is 3. The highest BCUT2D eigenvalue weighted by atomic mass is 16.8. The highest BCUT2D eigenvalue weighted by Gasteiger charge is 2.52. The molecular formula is C42H47O23+. The van der Waals surface area contributed by atoms with E-state index in [2.05, 4.69) is 0 Å². The minimum Gasteiger partial charge on any atom is -0.508 e. The van der Waals surface area contributed by atoms with Gasteiger partial charge in [0, 0.05) is 24.3 Å². The van der Waals surface area contributed by atoms with E-state index >= 15 is 0 Å². The quantitative estimate of drug-likeness (QED) is 0.0289. The van der Waals surface area contributed by atoms with Crippen LogP contribution in [0.3, 0.4) is 0 Å². The van der Waals surface area contributed by atoms with Gasteiger partial charge in [0.2, 0.25) is 18.3 Å². The summed E-state index contributed by atoms with van der Waals surface area (Å²) in [4.78, 5) is 12.8. The van der Waals surface area contributed by atoms with Gasteiger partial charge >= 0.3 is 17.3 Å². The SMILES string of the molecule is O=C(/C=C/c1ccc(O)cc1)OC[C@H]1O[C@H](Oc2cc3c(O[C@@H]4O[C@H](CO)[C@@H](O)[C@H](O)[C@H]4O)cc(O)cc3[o+]c2-c2ccc(O)c(O)c2)[C@H](O[C@@H]2O[C@H](CO)[C@@H](O)[C@H](O)[C@H]2O)[C@@H](O)[C@@H]1O. The first-order valence-corrected chi connectivity index (χ1v) is 19.9. The van der Waals surface area contributed by atoms with Crippen LogP contribution in [0, 0.1) is 0 Å². The molecule has 14 N–H and O–H groups in total. The van der Waals surface area contributed by atoms with Gasteiger partial charge in [-0.3, -0.25) is 0 Å². The van der Waals surface area contributed by atoms with Crippen LogP contribution in [0.25, 0.3) is 28.4 Å². The lowest BCUT2D eigenvalue weighted by Crippen LogP contribution is -2.65. The average Bonchev–Trinajstić information content (AvgIpc) is 3.29. The Labute approximate surface area is 366 Å². The van der Waals surface area contributed by atoms with E-state index in [1.165, 1.54) is 42.5 Å². The maximum Gasteiger partial charge on any atom is 0.402 e. The van der Waals surface area contributed by atoms with Crippen LogP contribution in [-0.4, -0.2) is 189 Å². The Morgan fingerprint density at radius 3 is 1.85 bits per heavy atom. The summed E-state index contributed by atoms with van der Waals surface area (Å²) in [6.45, 7) is -2.40. The molecule has 0 aliphatic carbocycles. The number of carbonyl (C=O) groups is 1. The van der Waals surface area contributed by atoms with Gasteiger partial charge in [-0.05, 0) is 35.9 Å². The van der Waals surface area contributed by atoms with Crippen molar-refractivity contribution in [3.63, 3.8) is 0 Å². The van der Waals surface area contributed by atoms with Crippen molar-refractivity contribution in [3.05, 3.63) is 72.3 Å². The molecule has 3 aliphatic heterocycles. The molecule has 0 bridgehead atoms. The molecule has 4 heterocycles. The molecule has 3 aliphatic rings. The molecule has 0 saturated carbocycles. The van der Waals surface area contributed by atoms with Crippen LogP contribution < -0.4 is 9.47 Å². The molecule has 65 heavy (non-hydrogen) atoms. The Kier molecular flexibility index (Phi) is 14.6. The first-order chi connectivity index (χ1) is 31.0. The number of hydrogen-bond donors (Lipinski definition) is 14. The maximum absolute atomic E-state index is 12.8. The van der Waals surface area contributed by atoms with Crippen molar-refractivity contribution in [1.29, 1.82) is 0 Å². The van der Waals surface area contributed by atoms with Crippen LogP contribution in [0.1, 0.15) is 5.56 Å². The van der Waals surface area contributed by atoms with E-state index < -0.39 is 141 Å². The highest BCUT2D eigenvalue weighted by molar-refractivity contribution is 5.89. The summed E-state index contributed by atoms with van der Waals surface area (Å²) in [6, 6.07) is 12.6. The molecule has 23 nitrogen and oxygen atoms in total. The second-order valence-corrected chi connectivity index (χ2v) is 15.3. The van der Waals surface area contributed by atoms with Gasteiger partial charge in [-0.2, -0.15) is 0 Å². The van der Waals surface area contributed by atoms with Crippen molar-refractivity contribution in [1.82, 2.24) is 0 Å². The van der Waals surface area contributed by atoms with Gasteiger partial charge < -0.3 is 105 Å². The number of aliphatic hydroxyl groups is 10. The van der Waals surface area contributed by atoms with E-state index in [1.807, 2.05) is 0 Å². The number of esters is 1. The minimum atomic E-state index is -2.07. The number of phenolic OH excluding ortho intramolecular Hbond substituents is 4. The molecule has 0 radical (unpaired) electrons. The van der Waals surface area contributed by atoms with Crippen molar-refractivity contribution in [2.24, 2.45) is 0 Å². The van der Waals surface area contributed by atoms with Crippen molar-refractivity contribution in [2.75, 3.05) is 19.8 Å². The van der Waals surface area contributed by atoms with Crippen LogP contribution >= 0.6 is 0 Å². The molecule has 7 rings (SSSR count). The maximum atomic E-state index is 12.8. The third-order valence-corrected chi connectivity index (χ3v) is 10.9. The fourth-order valence-electron chi connectivity index (χ4n) is 7.22. The number of aliphatic hydroxyl groups excluding tert-OH is 10. The van der Waals surface area contributed by atoms with Crippen molar-refractivity contribution < 1.29 is 114 Å². The molecule has 0 amide bonds. The number of hydrogen-bond acceptors (Lipinski definition) is 22. The Bertz CT molecular complexity index is 2300. The minimum absolute atomic E-state index is 0.00867. The van der Waals surface area contributed by atoms with Crippen LogP contribution in [0.4, 0.5) is 0 Å². The molecule has 3 saturated heterocycles. The lowest BCUT2D eigenvalue weighted by atomic mass is 9.97. The van der Waals surface area contributed by atoms with Crippen LogP contribution in [0.2, 0.25) is 0 Å². The lowest BCUT2D eigenvalue weighted by molar-refractivity contribution is -0.357. The van der Waals surface area contributed by atoms with E-state index in [9.17, 15) is 76.3 Å². The van der Waals surface area contributed by atoms with Gasteiger partial charge in [0.25, 0.3) is 0 Å². The Hall–Kier alpha value is -5.48. The van der Waals surface area contributed by atoms with Crippen molar-refractivity contribution in [3.8, 4) is 45.8 Å². The zero-order valence-corrected chi connectivity index (χ0v) is 33.6. The summed E-state index contributed by atoms with van der Waals surface area (Å²) in [5, 5.41) is 146. The zero-order valence-electron chi connectivity index (χ0n) is 33.6. The number of carbonyl (C=O) groups excluding carboxylic acids is 1. The first-order valence-electron chi connectivity index (χ1n) is 19.9. The third kappa shape index (κ3) is 10.2. The van der Waals surface area contributed by atoms with E-state index in [1.54, 1.807) is 0 Å². The fraction of sp³-hybridized carbons (Fsp3) is 0.429. The third-order valence-electron chi connectivity index (χ3n) is 10.9. The second-order valence-electron chi connectivity index (χ2n) is 15.3. The summed E-state index contributed by atoms with van der Waals surface area (Å²) < 4.78 is 46.5. The predicted octanol–water partition coefficient (Wildman–Crippen LogP) is -2.35. The molecule has 0 unspecified atom stereocenters. The largest absolute Gasteiger partial charge is 0.508 e. The fourth-order valence-corrected chi connectivity index (χ4v) is 7.22. The van der Waals surface area contributed by atoms with E-state index in [0.29, 0.717) is 5.56 Å². The second kappa shape index (κ2) is 19.9. The Morgan fingerprint density at radius 1 is 0.600 bits per heavy atom. The number of phenols is 4. The van der Waals surface area contributed by atoms with Gasteiger partial charge in [0.1, 0.15) is 96.4 Å². The van der Waals surface area contributed by atoms with E-state index in [0.717, 1.165) is 30.3 Å². The average molecular weight is 920 g/mol. The number of rotatable bonds is 13. The Balaban J connectivity index is 1.27. The summed E-state index contributed by atoms with van der Waals surface area (Å²) >= 11 is 0. The van der Waals surface area contributed by atoms with Gasteiger partial charge in [0.15, 0.2) is 23.9 Å². The highest BCUT2D eigenvalue weighted by Crippen LogP contribution is 2.44. The standard InChI is InChI=1S/C42H46O23/c43-13-26-30(50)33(53)36(56)40(62-26)60-24-11-19(46)10-23-20(24)12-25(38(59-23)17-4-7-21(47)22(48)9-17)61-42-39(65-41-37(57)34(54)31(51)27(14-44)63-41)35(55)32(52)28(64-42)15-58-29(49)8-3-16-1-5-18(45)6-2-16/h1-12,26-28,30-37,39-44,50-57H,13-15H2,(H3-,45,46,47,48,49)/p+1/t26-,27-,28-,30-,31-,32-,33+,34+,35+,36-,37-,39-,40-,41+,42+/m1/s1. The summed E-state index contributed by atoms with van der Waals surface area (Å²) in [7, 11) is 0. The van der Waals surface area contributed by atoms with Gasteiger partial charge in [-0.15, -0.1) is 0 Å². The van der Waals surface area contributed by atoms with E-state index in [4.69, 9.17) is 37.6 Å². The molecule has 15 atom stereocenters. The van der Waals surface area contributed by atoms with E-state index in [-0.39, 0.29) is 33.8 Å². The molecule has 23 heteroatoms. The van der Waals surface area contributed by atoms with Crippen LogP contribution in [0.5, 0.6) is 34.5 Å². The van der Waals surface area contributed by atoms with Crippen molar-refractivity contribution >= 4 is 23.0 Å². The topological polar surface area (TPSA) is 376 Å². The summed E-state index contributed by atoms with van der Waals surface area (Å²) in [5.41, 5.74) is 0.325. The number of ether oxygens (including phenoxy) is 7.